The summed E-state index contributed by atoms with van der Waals surface area (Å²) in [5.41, 5.74) is 6.08. The van der Waals surface area contributed by atoms with Gasteiger partial charge in [0.2, 0.25) is 0 Å². The summed E-state index contributed by atoms with van der Waals surface area (Å²) in [5.74, 6) is 2.94. The van der Waals surface area contributed by atoms with Crippen molar-refractivity contribution in [2.75, 3.05) is 13.6 Å². The van der Waals surface area contributed by atoms with Crippen LogP contribution in [-0.4, -0.2) is 41.0 Å². The van der Waals surface area contributed by atoms with E-state index in [1.165, 1.54) is 38.5 Å². The van der Waals surface area contributed by atoms with Crippen molar-refractivity contribution in [3.63, 3.8) is 0 Å². The van der Waals surface area contributed by atoms with Crippen LogP contribution in [-0.2, 0) is 0 Å². The molecule has 0 aromatic rings. The van der Waals surface area contributed by atoms with Crippen molar-refractivity contribution in [3.8, 4) is 0 Å². The van der Waals surface area contributed by atoms with Gasteiger partial charge in [-0.3, -0.25) is 4.99 Å². The van der Waals surface area contributed by atoms with Crippen LogP contribution in [0.2, 0.25) is 0 Å². The highest BCUT2D eigenvalue weighted by Gasteiger charge is 2.55. The maximum Gasteiger partial charge on any atom is 0.188 e. The monoisotopic (exact) mass is 417 g/mol. The van der Waals surface area contributed by atoms with E-state index in [9.17, 15) is 10.2 Å². The SMILES string of the molecule is CN=C(N)NCC[C@]1(O)CC[C@H]2[C@@H]1C[C@@H](C1=CCC[C@H]3CCCC[C@@H]13)CC[C@@]2(C)O. The number of aliphatic imine (C=N–C) groups is 1. The fourth-order valence-electron chi connectivity index (χ4n) is 7.55. The van der Waals surface area contributed by atoms with Gasteiger partial charge in [0, 0.05) is 13.6 Å². The van der Waals surface area contributed by atoms with E-state index in [2.05, 4.69) is 16.4 Å². The Kier molecular flexibility index (Phi) is 6.51. The molecule has 0 bridgehead atoms. The van der Waals surface area contributed by atoms with Crippen molar-refractivity contribution in [2.45, 2.75) is 95.2 Å². The lowest BCUT2D eigenvalue weighted by atomic mass is 9.65. The predicted octanol–water partition coefficient (Wildman–Crippen LogP) is 3.75. The first-order valence-corrected chi connectivity index (χ1v) is 12.4. The van der Waals surface area contributed by atoms with E-state index in [0.717, 1.165) is 43.9 Å². The molecule has 5 heteroatoms. The molecular formula is C25H43N3O2. The van der Waals surface area contributed by atoms with E-state index in [1.54, 1.807) is 12.6 Å². The number of rotatable bonds is 4. The maximum atomic E-state index is 11.7. The molecular weight excluding hydrogens is 374 g/mol. The summed E-state index contributed by atoms with van der Waals surface area (Å²) >= 11 is 0. The quantitative estimate of drug-likeness (QED) is 0.319. The van der Waals surface area contributed by atoms with Crippen LogP contribution in [0, 0.1) is 29.6 Å². The third-order valence-electron chi connectivity index (χ3n) is 9.23. The number of guanidine groups is 1. The Balaban J connectivity index is 1.54. The standard InChI is InChI=1S/C25H43N3O2/c1-24(29)12-10-18(20-9-5-7-17-6-3-4-8-19(17)20)16-22-21(24)11-13-25(22,30)14-15-28-23(26)27-2/h9,17-19,21-22,29-30H,3-8,10-16H2,1-2H3,(H3,26,27,28)/t17-,18+,19-,21+,22+,24-,25-/m1/s1. The number of hydrogen-bond acceptors (Lipinski definition) is 3. The highest BCUT2D eigenvalue weighted by Crippen LogP contribution is 2.56. The highest BCUT2D eigenvalue weighted by atomic mass is 16.3. The molecule has 0 heterocycles. The van der Waals surface area contributed by atoms with Gasteiger partial charge in [-0.15, -0.1) is 0 Å². The van der Waals surface area contributed by atoms with Gasteiger partial charge in [0.15, 0.2) is 5.96 Å². The lowest BCUT2D eigenvalue weighted by molar-refractivity contribution is -0.0643. The van der Waals surface area contributed by atoms with Crippen LogP contribution in [0.5, 0.6) is 0 Å². The molecule has 3 saturated carbocycles. The van der Waals surface area contributed by atoms with Gasteiger partial charge in [-0.2, -0.15) is 0 Å². The largest absolute Gasteiger partial charge is 0.390 e. The topological polar surface area (TPSA) is 90.9 Å². The zero-order valence-corrected chi connectivity index (χ0v) is 19.1. The molecule has 7 atom stereocenters. The third-order valence-corrected chi connectivity index (χ3v) is 9.23. The molecule has 0 radical (unpaired) electrons. The summed E-state index contributed by atoms with van der Waals surface area (Å²) in [6.07, 6.45) is 16.0. The molecule has 5 nitrogen and oxygen atoms in total. The van der Waals surface area contributed by atoms with Crippen LogP contribution >= 0.6 is 0 Å². The summed E-state index contributed by atoms with van der Waals surface area (Å²) in [6, 6.07) is 0. The minimum Gasteiger partial charge on any atom is -0.390 e. The number of hydrogen-bond donors (Lipinski definition) is 4. The van der Waals surface area contributed by atoms with E-state index < -0.39 is 11.2 Å². The molecule has 0 spiro atoms. The zero-order chi connectivity index (χ0) is 21.4. The van der Waals surface area contributed by atoms with Crippen molar-refractivity contribution in [1.82, 2.24) is 5.32 Å². The first-order chi connectivity index (χ1) is 14.3. The van der Waals surface area contributed by atoms with Crippen LogP contribution in [0.3, 0.4) is 0 Å². The van der Waals surface area contributed by atoms with E-state index in [0.29, 0.717) is 24.8 Å². The molecule has 170 valence electrons. The van der Waals surface area contributed by atoms with E-state index >= 15 is 0 Å². The second kappa shape index (κ2) is 8.82. The summed E-state index contributed by atoms with van der Waals surface area (Å²) in [7, 11) is 1.67. The van der Waals surface area contributed by atoms with Gasteiger partial charge in [-0.05, 0) is 101 Å². The normalized spacial score (nSPS) is 44.6. The van der Waals surface area contributed by atoms with Crippen LogP contribution in [0.25, 0.3) is 0 Å². The summed E-state index contributed by atoms with van der Waals surface area (Å²) < 4.78 is 0. The van der Waals surface area contributed by atoms with Crippen molar-refractivity contribution < 1.29 is 10.2 Å². The number of nitrogens with zero attached hydrogens (tertiary/aromatic N) is 1. The summed E-state index contributed by atoms with van der Waals surface area (Å²) in [5, 5.41) is 26.2. The summed E-state index contributed by atoms with van der Waals surface area (Å²) in [6.45, 7) is 2.65. The molecule has 30 heavy (non-hydrogen) atoms. The average Bonchev–Trinajstić information content (AvgIpc) is 2.99. The van der Waals surface area contributed by atoms with Crippen molar-refractivity contribution in [2.24, 2.45) is 40.3 Å². The first kappa shape index (κ1) is 22.1. The number of nitrogens with two attached hydrogens (primary N) is 1. The van der Waals surface area contributed by atoms with Crippen LogP contribution in [0.4, 0.5) is 0 Å². The molecule has 0 unspecified atom stereocenters. The Morgan fingerprint density at radius 3 is 2.73 bits per heavy atom. The first-order valence-electron chi connectivity index (χ1n) is 12.4. The fraction of sp³-hybridized carbons (Fsp3) is 0.880. The third kappa shape index (κ3) is 4.29. The lowest BCUT2D eigenvalue weighted by Crippen LogP contribution is -2.44. The maximum absolute atomic E-state index is 11.7. The zero-order valence-electron chi connectivity index (χ0n) is 19.1. The fourth-order valence-corrected chi connectivity index (χ4v) is 7.55. The molecule has 0 aromatic heterocycles. The lowest BCUT2D eigenvalue weighted by Gasteiger charge is -2.41. The van der Waals surface area contributed by atoms with Gasteiger partial charge in [-0.25, -0.2) is 0 Å². The molecule has 4 aliphatic carbocycles. The minimum atomic E-state index is -0.723. The minimum absolute atomic E-state index is 0.159. The van der Waals surface area contributed by atoms with E-state index in [4.69, 9.17) is 5.73 Å². The van der Waals surface area contributed by atoms with E-state index in [-0.39, 0.29) is 11.8 Å². The van der Waals surface area contributed by atoms with Crippen molar-refractivity contribution in [1.29, 1.82) is 0 Å². The van der Waals surface area contributed by atoms with Crippen LogP contribution in [0.15, 0.2) is 16.6 Å². The summed E-state index contributed by atoms with van der Waals surface area (Å²) in [4.78, 5) is 3.96. The number of allylic oxidation sites excluding steroid dienone is 2. The van der Waals surface area contributed by atoms with Gasteiger partial charge < -0.3 is 21.3 Å². The van der Waals surface area contributed by atoms with Gasteiger partial charge in [0.25, 0.3) is 0 Å². The molecule has 0 saturated heterocycles. The molecule has 4 aliphatic rings. The molecule has 4 rings (SSSR count). The Hall–Kier alpha value is -1.07. The number of nitrogens with one attached hydrogen (secondary N) is 1. The number of aliphatic hydroxyl groups is 2. The van der Waals surface area contributed by atoms with Gasteiger partial charge in [0.1, 0.15) is 0 Å². The van der Waals surface area contributed by atoms with Gasteiger partial charge in [-0.1, -0.05) is 24.5 Å². The Bertz CT molecular complexity index is 673. The van der Waals surface area contributed by atoms with E-state index in [1.807, 2.05) is 6.92 Å². The number of fused-ring (bicyclic) bond motifs is 2. The highest BCUT2D eigenvalue weighted by molar-refractivity contribution is 5.77. The molecule has 0 aromatic carbocycles. The van der Waals surface area contributed by atoms with Gasteiger partial charge in [0.05, 0.1) is 11.2 Å². The van der Waals surface area contributed by atoms with Crippen LogP contribution in [0.1, 0.15) is 84.0 Å². The Morgan fingerprint density at radius 1 is 1.13 bits per heavy atom. The average molecular weight is 418 g/mol. The second-order valence-corrected chi connectivity index (χ2v) is 10.9. The Morgan fingerprint density at radius 2 is 1.93 bits per heavy atom. The predicted molar refractivity (Wildman–Crippen MR) is 122 cm³/mol. The Labute approximate surface area is 182 Å². The molecule has 0 aliphatic heterocycles. The molecule has 3 fully saturated rings. The van der Waals surface area contributed by atoms with Crippen molar-refractivity contribution in [3.05, 3.63) is 11.6 Å². The molecule has 5 N–H and O–H groups in total. The smallest absolute Gasteiger partial charge is 0.188 e. The second-order valence-electron chi connectivity index (χ2n) is 10.9. The van der Waals surface area contributed by atoms with Gasteiger partial charge >= 0.3 is 0 Å². The van der Waals surface area contributed by atoms with Crippen molar-refractivity contribution >= 4 is 5.96 Å². The molecule has 0 amide bonds. The van der Waals surface area contributed by atoms with Crippen LogP contribution < -0.4 is 11.1 Å².